The molecule has 9 heteroatoms. The first-order valence-electron chi connectivity index (χ1n) is 8.43. The number of carbonyl (C=O) groups is 1. The number of anilines is 2. The van der Waals surface area contributed by atoms with E-state index < -0.39 is 4.92 Å². The van der Waals surface area contributed by atoms with Crippen molar-refractivity contribution in [2.75, 3.05) is 42.9 Å². The first-order valence-corrected chi connectivity index (χ1v) is 8.43. The number of nitriles is 1. The summed E-state index contributed by atoms with van der Waals surface area (Å²) in [6.07, 6.45) is 1.61. The Balaban J connectivity index is 1.54. The number of nitrogens with one attached hydrogen (secondary N) is 1. The standard InChI is InChI=1S/C18H18N6O3/c19-12-14-5-6-20-17(11-14)23-9-7-22(8-10-23)13-18(25)21-15-3-1-2-4-16(15)24(26)27/h1-6,11H,7-10,13H2,(H,21,25). The van der Waals surface area contributed by atoms with Crippen molar-refractivity contribution < 1.29 is 9.72 Å². The van der Waals surface area contributed by atoms with Crippen molar-refractivity contribution in [2.24, 2.45) is 0 Å². The Morgan fingerprint density at radius 2 is 2.00 bits per heavy atom. The van der Waals surface area contributed by atoms with Gasteiger partial charge in [0.25, 0.3) is 5.69 Å². The van der Waals surface area contributed by atoms with Gasteiger partial charge in [-0.1, -0.05) is 12.1 Å². The van der Waals surface area contributed by atoms with Crippen LogP contribution in [0, 0.1) is 21.4 Å². The van der Waals surface area contributed by atoms with Crippen LogP contribution in [0.25, 0.3) is 0 Å². The van der Waals surface area contributed by atoms with Gasteiger partial charge < -0.3 is 10.2 Å². The third-order valence-electron chi connectivity index (χ3n) is 4.31. The molecule has 1 aromatic heterocycles. The molecule has 0 spiro atoms. The van der Waals surface area contributed by atoms with E-state index in [0.29, 0.717) is 31.7 Å². The summed E-state index contributed by atoms with van der Waals surface area (Å²) in [6, 6.07) is 11.6. The van der Waals surface area contributed by atoms with Crippen LogP contribution < -0.4 is 10.2 Å². The fraction of sp³-hybridized carbons (Fsp3) is 0.278. The molecule has 27 heavy (non-hydrogen) atoms. The molecule has 0 aliphatic carbocycles. The summed E-state index contributed by atoms with van der Waals surface area (Å²) in [7, 11) is 0. The lowest BCUT2D eigenvalue weighted by molar-refractivity contribution is -0.383. The lowest BCUT2D eigenvalue weighted by atomic mass is 10.2. The molecule has 1 aliphatic rings. The molecule has 9 nitrogen and oxygen atoms in total. The molecule has 1 saturated heterocycles. The Hall–Kier alpha value is -3.51. The van der Waals surface area contributed by atoms with Crippen molar-refractivity contribution >= 4 is 23.1 Å². The minimum Gasteiger partial charge on any atom is -0.354 e. The second kappa shape index (κ2) is 8.25. The number of amides is 1. The van der Waals surface area contributed by atoms with Crippen LogP contribution in [0.5, 0.6) is 0 Å². The van der Waals surface area contributed by atoms with Crippen LogP contribution in [-0.2, 0) is 4.79 Å². The van der Waals surface area contributed by atoms with E-state index in [2.05, 4.69) is 21.3 Å². The van der Waals surface area contributed by atoms with Gasteiger partial charge in [-0.05, 0) is 18.2 Å². The highest BCUT2D eigenvalue weighted by molar-refractivity contribution is 5.94. The topological polar surface area (TPSA) is 115 Å². The molecule has 0 unspecified atom stereocenters. The van der Waals surface area contributed by atoms with Gasteiger partial charge in [0.1, 0.15) is 11.5 Å². The molecule has 0 saturated carbocycles. The number of aromatic nitrogens is 1. The van der Waals surface area contributed by atoms with Crippen LogP contribution in [0.2, 0.25) is 0 Å². The van der Waals surface area contributed by atoms with Crippen LogP contribution in [0.4, 0.5) is 17.2 Å². The average molecular weight is 366 g/mol. The van der Waals surface area contributed by atoms with E-state index in [1.54, 1.807) is 30.5 Å². The number of nitro groups is 1. The maximum Gasteiger partial charge on any atom is 0.292 e. The first-order chi connectivity index (χ1) is 13.1. The smallest absolute Gasteiger partial charge is 0.292 e. The van der Waals surface area contributed by atoms with Gasteiger partial charge in [-0.3, -0.25) is 19.8 Å². The van der Waals surface area contributed by atoms with E-state index in [1.165, 1.54) is 12.1 Å². The highest BCUT2D eigenvalue weighted by Gasteiger charge is 2.21. The number of pyridine rings is 1. The quantitative estimate of drug-likeness (QED) is 0.631. The van der Waals surface area contributed by atoms with Crippen molar-refractivity contribution in [1.82, 2.24) is 9.88 Å². The first kappa shape index (κ1) is 18.3. The third-order valence-corrected chi connectivity index (χ3v) is 4.31. The van der Waals surface area contributed by atoms with Crippen molar-refractivity contribution in [3.8, 4) is 6.07 Å². The lowest BCUT2D eigenvalue weighted by Gasteiger charge is -2.35. The minimum atomic E-state index is -0.517. The zero-order valence-corrected chi connectivity index (χ0v) is 14.5. The number of hydrogen-bond acceptors (Lipinski definition) is 7. The van der Waals surface area contributed by atoms with E-state index in [1.807, 2.05) is 4.90 Å². The molecule has 1 fully saturated rings. The molecular formula is C18H18N6O3. The summed E-state index contributed by atoms with van der Waals surface area (Å²) in [5, 5.41) is 22.6. The Kier molecular flexibility index (Phi) is 5.58. The molecule has 2 aromatic rings. The predicted octanol–water partition coefficient (Wildman–Crippen LogP) is 1.62. The van der Waals surface area contributed by atoms with Gasteiger partial charge in [-0.15, -0.1) is 0 Å². The number of rotatable bonds is 5. The normalized spacial score (nSPS) is 14.4. The van der Waals surface area contributed by atoms with Crippen LogP contribution >= 0.6 is 0 Å². The van der Waals surface area contributed by atoms with E-state index in [-0.39, 0.29) is 23.8 Å². The predicted molar refractivity (Wildman–Crippen MR) is 99.3 cm³/mol. The van der Waals surface area contributed by atoms with Gasteiger partial charge in [0, 0.05) is 38.4 Å². The van der Waals surface area contributed by atoms with Crippen LogP contribution in [0.15, 0.2) is 42.6 Å². The van der Waals surface area contributed by atoms with Gasteiger partial charge in [0.15, 0.2) is 0 Å². The summed E-state index contributed by atoms with van der Waals surface area (Å²) in [4.78, 5) is 31.1. The number of nitro benzene ring substituents is 1. The number of hydrogen-bond donors (Lipinski definition) is 1. The summed E-state index contributed by atoms with van der Waals surface area (Å²) in [6.45, 7) is 2.83. The fourth-order valence-corrected chi connectivity index (χ4v) is 2.93. The molecule has 0 bridgehead atoms. The summed E-state index contributed by atoms with van der Waals surface area (Å²) in [5.74, 6) is 0.459. The second-order valence-corrected chi connectivity index (χ2v) is 6.10. The van der Waals surface area contributed by atoms with Crippen LogP contribution in [0.1, 0.15) is 5.56 Å². The van der Waals surface area contributed by atoms with Crippen LogP contribution in [0.3, 0.4) is 0 Å². The summed E-state index contributed by atoms with van der Waals surface area (Å²) in [5.41, 5.74) is 0.633. The monoisotopic (exact) mass is 366 g/mol. The molecule has 138 valence electrons. The number of para-hydroxylation sites is 2. The minimum absolute atomic E-state index is 0.126. The number of carbonyl (C=O) groups excluding carboxylic acids is 1. The molecule has 1 amide bonds. The molecular weight excluding hydrogens is 348 g/mol. The molecule has 1 aromatic carbocycles. The molecule has 1 N–H and O–H groups in total. The highest BCUT2D eigenvalue weighted by atomic mass is 16.6. The van der Waals surface area contributed by atoms with E-state index in [0.717, 1.165) is 5.82 Å². The molecule has 2 heterocycles. The van der Waals surface area contributed by atoms with Gasteiger partial charge in [0.2, 0.25) is 5.91 Å². The Morgan fingerprint density at radius 1 is 1.26 bits per heavy atom. The zero-order valence-electron chi connectivity index (χ0n) is 14.5. The van der Waals surface area contributed by atoms with Crippen molar-refractivity contribution in [2.45, 2.75) is 0 Å². The third kappa shape index (κ3) is 4.56. The average Bonchev–Trinajstić information content (AvgIpc) is 2.69. The van der Waals surface area contributed by atoms with Crippen molar-refractivity contribution in [1.29, 1.82) is 5.26 Å². The second-order valence-electron chi connectivity index (χ2n) is 6.10. The zero-order chi connectivity index (χ0) is 19.2. The SMILES string of the molecule is N#Cc1ccnc(N2CCN(CC(=O)Nc3ccccc3[N+](=O)[O-])CC2)c1. The van der Waals surface area contributed by atoms with Gasteiger partial charge in [-0.2, -0.15) is 5.26 Å². The molecule has 0 atom stereocenters. The number of piperazine rings is 1. The maximum atomic E-state index is 12.3. The van der Waals surface area contributed by atoms with Gasteiger partial charge >= 0.3 is 0 Å². The lowest BCUT2D eigenvalue weighted by Crippen LogP contribution is -2.49. The fourth-order valence-electron chi connectivity index (χ4n) is 2.93. The van der Waals surface area contributed by atoms with E-state index in [4.69, 9.17) is 5.26 Å². The Morgan fingerprint density at radius 3 is 2.70 bits per heavy atom. The van der Waals surface area contributed by atoms with Gasteiger partial charge in [0.05, 0.1) is 23.1 Å². The maximum absolute atomic E-state index is 12.3. The number of benzene rings is 1. The molecule has 3 rings (SSSR count). The Labute approximate surface area is 156 Å². The van der Waals surface area contributed by atoms with E-state index in [9.17, 15) is 14.9 Å². The molecule has 0 radical (unpaired) electrons. The number of nitrogens with zero attached hydrogens (tertiary/aromatic N) is 5. The summed E-state index contributed by atoms with van der Waals surface area (Å²) >= 11 is 0. The molecule has 1 aliphatic heterocycles. The van der Waals surface area contributed by atoms with Crippen LogP contribution in [-0.4, -0.2) is 53.4 Å². The van der Waals surface area contributed by atoms with Crippen molar-refractivity contribution in [3.63, 3.8) is 0 Å². The highest BCUT2D eigenvalue weighted by Crippen LogP contribution is 2.23. The largest absolute Gasteiger partial charge is 0.354 e. The Bertz CT molecular complexity index is 887. The van der Waals surface area contributed by atoms with E-state index >= 15 is 0 Å². The summed E-state index contributed by atoms with van der Waals surface area (Å²) < 4.78 is 0. The van der Waals surface area contributed by atoms with Crippen molar-refractivity contribution in [3.05, 3.63) is 58.3 Å². The van der Waals surface area contributed by atoms with Gasteiger partial charge in [-0.25, -0.2) is 4.98 Å².